The normalized spacial score (nSPS) is 11.1. The van der Waals surface area contributed by atoms with Crippen molar-refractivity contribution in [2.75, 3.05) is 28.4 Å². The van der Waals surface area contributed by atoms with Gasteiger partial charge in [-0.3, -0.25) is 4.99 Å². The number of hydrogen-bond donors (Lipinski definition) is 2. The molecule has 0 atom stereocenters. The Morgan fingerprint density at radius 2 is 1.85 bits per heavy atom. The van der Waals surface area contributed by atoms with Crippen LogP contribution in [0.25, 0.3) is 0 Å². The van der Waals surface area contributed by atoms with Crippen molar-refractivity contribution in [2.24, 2.45) is 4.99 Å². The molecule has 146 valence electrons. The number of carbonyl (C=O) groups excluding carboxylic acids is 1. The molecular weight excluding hydrogens is 350 g/mol. The summed E-state index contributed by atoms with van der Waals surface area (Å²) in [5.74, 6) is 2.75. The van der Waals surface area contributed by atoms with Gasteiger partial charge in [-0.2, -0.15) is 0 Å². The van der Waals surface area contributed by atoms with E-state index < -0.39 is 5.97 Å². The predicted molar refractivity (Wildman–Crippen MR) is 101 cm³/mol. The first-order valence-electron chi connectivity index (χ1n) is 8.35. The molecule has 0 unspecified atom stereocenters. The molecule has 0 radical (unpaired) electrons. The zero-order valence-corrected chi connectivity index (χ0v) is 16.2. The lowest BCUT2D eigenvalue weighted by Crippen LogP contribution is -2.36. The fraction of sp³-hybridized carbons (Fsp3) is 0.368. The predicted octanol–water partition coefficient (Wildman–Crippen LogP) is 2.26. The standard InChI is InChI=1S/C19H25N3O5/c1-12-16(18(23)26-5)8-15(27-12)11-22-19(20-2)21-10-13-6-7-14(24-3)9-17(13)25-4/h6-9H,10-11H2,1-5H3,(H2,20,21,22). The van der Waals surface area contributed by atoms with Gasteiger partial charge < -0.3 is 29.3 Å². The molecule has 0 saturated carbocycles. The van der Waals surface area contributed by atoms with Crippen molar-refractivity contribution >= 4 is 11.9 Å². The van der Waals surface area contributed by atoms with E-state index in [9.17, 15) is 4.79 Å². The third kappa shape index (κ3) is 5.16. The fourth-order valence-electron chi connectivity index (χ4n) is 2.51. The number of guanidine groups is 1. The Bertz CT molecular complexity index is 814. The summed E-state index contributed by atoms with van der Waals surface area (Å²) in [6, 6.07) is 7.29. The van der Waals surface area contributed by atoms with Crippen molar-refractivity contribution in [3.05, 3.63) is 46.9 Å². The number of ether oxygens (including phenoxy) is 3. The molecule has 2 N–H and O–H groups in total. The van der Waals surface area contributed by atoms with Gasteiger partial charge in [-0.15, -0.1) is 0 Å². The summed E-state index contributed by atoms with van der Waals surface area (Å²) in [5, 5.41) is 6.35. The largest absolute Gasteiger partial charge is 0.497 e. The van der Waals surface area contributed by atoms with Crippen molar-refractivity contribution in [3.63, 3.8) is 0 Å². The van der Waals surface area contributed by atoms with Crippen molar-refractivity contribution in [1.29, 1.82) is 0 Å². The van der Waals surface area contributed by atoms with Gasteiger partial charge in [0.15, 0.2) is 5.96 Å². The Kier molecular flexibility index (Phi) is 7.10. The van der Waals surface area contributed by atoms with Crippen LogP contribution in [0.4, 0.5) is 0 Å². The summed E-state index contributed by atoms with van der Waals surface area (Å²) >= 11 is 0. The van der Waals surface area contributed by atoms with Crippen LogP contribution in [0, 0.1) is 6.92 Å². The molecule has 0 aliphatic carbocycles. The summed E-state index contributed by atoms with van der Waals surface area (Å²) in [4.78, 5) is 15.8. The second kappa shape index (κ2) is 9.51. The minimum Gasteiger partial charge on any atom is -0.497 e. The van der Waals surface area contributed by atoms with E-state index in [-0.39, 0.29) is 0 Å². The maximum Gasteiger partial charge on any atom is 0.341 e. The minimum absolute atomic E-state index is 0.372. The number of benzene rings is 1. The highest BCUT2D eigenvalue weighted by Crippen LogP contribution is 2.24. The van der Waals surface area contributed by atoms with Crippen molar-refractivity contribution in [2.45, 2.75) is 20.0 Å². The molecular formula is C19H25N3O5. The lowest BCUT2D eigenvalue weighted by molar-refractivity contribution is 0.0599. The summed E-state index contributed by atoms with van der Waals surface area (Å²) < 4.78 is 20.9. The molecule has 8 heteroatoms. The van der Waals surface area contributed by atoms with Crippen molar-refractivity contribution in [3.8, 4) is 11.5 Å². The highest BCUT2D eigenvalue weighted by Gasteiger charge is 2.15. The molecule has 0 bridgehead atoms. The van der Waals surface area contributed by atoms with Crippen LogP contribution in [0.1, 0.15) is 27.4 Å². The van der Waals surface area contributed by atoms with Crippen molar-refractivity contribution < 1.29 is 23.4 Å². The smallest absolute Gasteiger partial charge is 0.341 e. The molecule has 1 aromatic heterocycles. The number of furan rings is 1. The second-order valence-corrected chi connectivity index (χ2v) is 5.63. The number of esters is 1. The first-order chi connectivity index (χ1) is 13.0. The lowest BCUT2D eigenvalue weighted by atomic mass is 10.2. The molecule has 0 aliphatic rings. The maximum absolute atomic E-state index is 11.6. The summed E-state index contributed by atoms with van der Waals surface area (Å²) in [7, 11) is 6.24. The van der Waals surface area contributed by atoms with E-state index in [0.717, 1.165) is 17.1 Å². The summed E-state index contributed by atoms with van der Waals surface area (Å²) in [6.45, 7) is 2.60. The number of nitrogens with zero attached hydrogens (tertiary/aromatic N) is 1. The van der Waals surface area contributed by atoms with Gasteiger partial charge in [0, 0.05) is 25.2 Å². The Labute approximate surface area is 158 Å². The number of rotatable bonds is 7. The van der Waals surface area contributed by atoms with Crippen LogP contribution in [0.2, 0.25) is 0 Å². The highest BCUT2D eigenvalue weighted by atomic mass is 16.5. The van der Waals surface area contributed by atoms with E-state index in [1.807, 2.05) is 18.2 Å². The number of carbonyl (C=O) groups is 1. The van der Waals surface area contributed by atoms with Gasteiger partial charge in [-0.25, -0.2) is 4.79 Å². The average Bonchev–Trinajstić information content (AvgIpc) is 3.07. The van der Waals surface area contributed by atoms with E-state index in [4.69, 9.17) is 18.6 Å². The topological polar surface area (TPSA) is 94.3 Å². The first-order valence-corrected chi connectivity index (χ1v) is 8.35. The molecule has 0 amide bonds. The van der Waals surface area contributed by atoms with Crippen LogP contribution in [0.5, 0.6) is 11.5 Å². The van der Waals surface area contributed by atoms with E-state index in [0.29, 0.717) is 36.1 Å². The fourth-order valence-corrected chi connectivity index (χ4v) is 2.51. The van der Waals surface area contributed by atoms with Gasteiger partial charge in [-0.1, -0.05) is 0 Å². The second-order valence-electron chi connectivity index (χ2n) is 5.63. The van der Waals surface area contributed by atoms with Gasteiger partial charge in [0.1, 0.15) is 28.6 Å². The van der Waals surface area contributed by atoms with E-state index in [1.54, 1.807) is 34.3 Å². The number of aliphatic imine (C=N–C) groups is 1. The Hall–Kier alpha value is -3.16. The number of aryl methyl sites for hydroxylation is 1. The maximum atomic E-state index is 11.6. The monoisotopic (exact) mass is 375 g/mol. The van der Waals surface area contributed by atoms with E-state index >= 15 is 0 Å². The molecule has 0 saturated heterocycles. The molecule has 0 aliphatic heterocycles. The van der Waals surface area contributed by atoms with Crippen LogP contribution in [0.3, 0.4) is 0 Å². The van der Waals surface area contributed by atoms with E-state index in [1.165, 1.54) is 7.11 Å². The molecule has 1 heterocycles. The average molecular weight is 375 g/mol. The van der Waals surface area contributed by atoms with Crippen LogP contribution < -0.4 is 20.1 Å². The summed E-state index contributed by atoms with van der Waals surface area (Å²) in [6.07, 6.45) is 0. The summed E-state index contributed by atoms with van der Waals surface area (Å²) in [5.41, 5.74) is 1.38. The Balaban J connectivity index is 1.96. The van der Waals surface area contributed by atoms with Gasteiger partial charge in [0.25, 0.3) is 0 Å². The minimum atomic E-state index is -0.420. The third-order valence-corrected chi connectivity index (χ3v) is 3.97. The van der Waals surface area contributed by atoms with Crippen LogP contribution in [0.15, 0.2) is 33.7 Å². The highest BCUT2D eigenvalue weighted by molar-refractivity contribution is 5.90. The zero-order chi connectivity index (χ0) is 19.8. The quantitative estimate of drug-likeness (QED) is 0.435. The van der Waals surface area contributed by atoms with Gasteiger partial charge in [0.2, 0.25) is 0 Å². The molecule has 0 spiro atoms. The molecule has 2 aromatic rings. The van der Waals surface area contributed by atoms with Gasteiger partial charge >= 0.3 is 5.97 Å². The van der Waals surface area contributed by atoms with E-state index in [2.05, 4.69) is 15.6 Å². The van der Waals surface area contributed by atoms with Crippen LogP contribution in [-0.2, 0) is 17.8 Å². The lowest BCUT2D eigenvalue weighted by Gasteiger charge is -2.14. The molecule has 2 rings (SSSR count). The molecule has 8 nitrogen and oxygen atoms in total. The van der Waals surface area contributed by atoms with Crippen molar-refractivity contribution in [1.82, 2.24) is 10.6 Å². The zero-order valence-electron chi connectivity index (χ0n) is 16.2. The van der Waals surface area contributed by atoms with Crippen LogP contribution in [-0.4, -0.2) is 40.3 Å². The molecule has 1 aromatic carbocycles. The Morgan fingerprint density at radius 3 is 2.48 bits per heavy atom. The first kappa shape index (κ1) is 20.2. The molecule has 0 fully saturated rings. The Morgan fingerprint density at radius 1 is 1.11 bits per heavy atom. The van der Waals surface area contributed by atoms with Gasteiger partial charge in [-0.05, 0) is 25.1 Å². The number of methoxy groups -OCH3 is 3. The number of nitrogens with one attached hydrogen (secondary N) is 2. The number of hydrogen-bond acceptors (Lipinski definition) is 6. The molecule has 27 heavy (non-hydrogen) atoms. The van der Waals surface area contributed by atoms with Crippen LogP contribution >= 0.6 is 0 Å². The van der Waals surface area contributed by atoms with Gasteiger partial charge in [0.05, 0.1) is 27.9 Å². The SMILES string of the molecule is CN=C(NCc1cc(C(=O)OC)c(C)o1)NCc1ccc(OC)cc1OC. The third-order valence-electron chi connectivity index (χ3n) is 3.97.